The number of phenols is 2. The molecule has 0 bridgehead atoms. The van der Waals surface area contributed by atoms with E-state index in [0.29, 0.717) is 11.3 Å². The first-order valence-corrected chi connectivity index (χ1v) is 10.8. The van der Waals surface area contributed by atoms with Crippen molar-refractivity contribution in [1.82, 2.24) is 0 Å². The second-order valence-electron chi connectivity index (χ2n) is 6.19. The molecule has 3 rings (SSSR count). The fraction of sp³-hybridized carbons (Fsp3) is 0.250. The summed E-state index contributed by atoms with van der Waals surface area (Å²) in [5, 5.41) is 29.5. The average Bonchev–Trinajstić information content (AvgIpc) is 2.69. The van der Waals surface area contributed by atoms with Gasteiger partial charge in [-0.15, -0.1) is 0 Å². The molecule has 0 aliphatic carbocycles. The van der Waals surface area contributed by atoms with Crippen molar-refractivity contribution in [1.29, 1.82) is 0 Å². The van der Waals surface area contributed by atoms with Gasteiger partial charge in [-0.2, -0.15) is 0 Å². The summed E-state index contributed by atoms with van der Waals surface area (Å²) < 4.78 is 33.8. The number of rotatable bonds is 8. The Morgan fingerprint density at radius 2 is 1.63 bits per heavy atom. The van der Waals surface area contributed by atoms with Gasteiger partial charge in [0.05, 0.1) is 13.2 Å². The van der Waals surface area contributed by atoms with Crippen LogP contribution < -0.4 is 10.2 Å². The summed E-state index contributed by atoms with van der Waals surface area (Å²) in [5.74, 6) is -1.27. The average molecular weight is 436 g/mol. The molecule has 2 aromatic carbocycles. The van der Waals surface area contributed by atoms with Gasteiger partial charge in [-0.05, 0) is 38.1 Å². The summed E-state index contributed by atoms with van der Waals surface area (Å²) in [6, 6.07) is 8.24. The van der Waals surface area contributed by atoms with Crippen LogP contribution in [-0.2, 0) is 13.6 Å². The molecule has 0 unspecified atom stereocenters. The van der Waals surface area contributed by atoms with Crippen LogP contribution in [0.2, 0.25) is 0 Å². The molecule has 3 aromatic rings. The van der Waals surface area contributed by atoms with E-state index in [-0.39, 0.29) is 42.0 Å². The highest BCUT2D eigenvalue weighted by Crippen LogP contribution is 2.48. The summed E-state index contributed by atoms with van der Waals surface area (Å²) in [4.78, 5) is 12.4. The predicted octanol–water partition coefficient (Wildman–Crippen LogP) is 4.18. The van der Waals surface area contributed by atoms with Crippen molar-refractivity contribution in [2.45, 2.75) is 13.8 Å². The van der Waals surface area contributed by atoms with Gasteiger partial charge in [-0.1, -0.05) is 0 Å². The van der Waals surface area contributed by atoms with Crippen molar-refractivity contribution in [3.05, 3.63) is 46.6 Å². The standard InChI is InChI=1S/C20H21O9P/c1-3-27-30(25,28-4-2)11-26-14-7-5-12(6-8-14)20-19(24)18(23)17-15(22)9-13(21)10-16(17)29-20/h5-10,21-22,24H,3-4,11H2,1-2H3. The quantitative estimate of drug-likeness (QED) is 0.444. The third-order valence-electron chi connectivity index (χ3n) is 4.09. The molecule has 0 amide bonds. The van der Waals surface area contributed by atoms with E-state index in [4.69, 9.17) is 18.2 Å². The minimum atomic E-state index is -3.38. The van der Waals surface area contributed by atoms with Gasteiger partial charge in [0.15, 0.2) is 12.1 Å². The SMILES string of the molecule is CCOP(=O)(COc1ccc(-c2oc3cc(O)cc(O)c3c(=O)c2O)cc1)OCC. The number of hydrogen-bond donors (Lipinski definition) is 3. The van der Waals surface area contributed by atoms with Crippen LogP contribution in [0, 0.1) is 0 Å². The fourth-order valence-corrected chi connectivity index (χ4v) is 4.15. The Balaban J connectivity index is 1.89. The molecule has 0 spiro atoms. The lowest BCUT2D eigenvalue weighted by atomic mass is 10.1. The van der Waals surface area contributed by atoms with Crippen molar-refractivity contribution in [2.24, 2.45) is 0 Å². The van der Waals surface area contributed by atoms with Gasteiger partial charge in [0.25, 0.3) is 0 Å². The summed E-state index contributed by atoms with van der Waals surface area (Å²) in [7, 11) is -3.38. The molecule has 10 heteroatoms. The first-order chi connectivity index (χ1) is 14.3. The zero-order chi connectivity index (χ0) is 21.9. The van der Waals surface area contributed by atoms with E-state index in [1.807, 2.05) is 0 Å². The predicted molar refractivity (Wildman–Crippen MR) is 109 cm³/mol. The number of phenolic OH excluding ortho intramolecular Hbond substituents is 2. The van der Waals surface area contributed by atoms with Gasteiger partial charge in [0.2, 0.25) is 11.2 Å². The van der Waals surface area contributed by atoms with Crippen LogP contribution in [-0.4, -0.2) is 34.9 Å². The van der Waals surface area contributed by atoms with Crippen LogP contribution in [0.4, 0.5) is 0 Å². The van der Waals surface area contributed by atoms with E-state index in [9.17, 15) is 24.7 Å². The Kier molecular flexibility index (Phi) is 6.36. The summed E-state index contributed by atoms with van der Waals surface area (Å²) in [6.07, 6.45) is -0.275. The number of aromatic hydroxyl groups is 3. The lowest BCUT2D eigenvalue weighted by molar-refractivity contribution is 0.197. The first kappa shape index (κ1) is 21.7. The van der Waals surface area contributed by atoms with Crippen molar-refractivity contribution in [2.75, 3.05) is 19.6 Å². The zero-order valence-corrected chi connectivity index (χ0v) is 17.2. The maximum Gasteiger partial charge on any atom is 0.367 e. The van der Waals surface area contributed by atoms with Crippen molar-refractivity contribution in [3.63, 3.8) is 0 Å². The molecule has 0 atom stereocenters. The van der Waals surface area contributed by atoms with Gasteiger partial charge in [-0.3, -0.25) is 9.36 Å². The van der Waals surface area contributed by atoms with E-state index < -0.39 is 24.5 Å². The fourth-order valence-electron chi connectivity index (χ4n) is 2.83. The molecule has 30 heavy (non-hydrogen) atoms. The second kappa shape index (κ2) is 8.79. The Hall–Kier alpha value is -3.00. The van der Waals surface area contributed by atoms with Gasteiger partial charge in [0, 0.05) is 17.7 Å². The molecular weight excluding hydrogens is 415 g/mol. The first-order valence-electron chi connectivity index (χ1n) is 9.11. The largest absolute Gasteiger partial charge is 0.508 e. The molecule has 1 aromatic heterocycles. The number of fused-ring (bicyclic) bond motifs is 1. The lowest BCUT2D eigenvalue weighted by Gasteiger charge is -2.17. The number of hydrogen-bond acceptors (Lipinski definition) is 9. The van der Waals surface area contributed by atoms with Crippen LogP contribution in [0.15, 0.2) is 45.6 Å². The summed E-state index contributed by atoms with van der Waals surface area (Å²) in [5.41, 5.74) is -0.571. The summed E-state index contributed by atoms with van der Waals surface area (Å²) in [6.45, 7) is 3.82. The smallest absolute Gasteiger partial charge is 0.367 e. The molecule has 9 nitrogen and oxygen atoms in total. The minimum absolute atomic E-state index is 0.0833. The third-order valence-corrected chi connectivity index (χ3v) is 5.84. The van der Waals surface area contributed by atoms with Crippen molar-refractivity contribution < 1.29 is 38.1 Å². The van der Waals surface area contributed by atoms with E-state index in [1.165, 1.54) is 24.3 Å². The Bertz CT molecular complexity index is 1140. The topological polar surface area (TPSA) is 136 Å². The molecule has 160 valence electrons. The van der Waals surface area contributed by atoms with Crippen LogP contribution in [0.1, 0.15) is 13.8 Å². The van der Waals surface area contributed by atoms with Crippen LogP contribution in [0.5, 0.6) is 23.0 Å². The normalized spacial score (nSPS) is 11.7. The maximum absolute atomic E-state index is 12.4. The van der Waals surface area contributed by atoms with Gasteiger partial charge in [0.1, 0.15) is 28.2 Å². The van der Waals surface area contributed by atoms with E-state index >= 15 is 0 Å². The Morgan fingerprint density at radius 1 is 1.00 bits per heavy atom. The van der Waals surface area contributed by atoms with E-state index in [2.05, 4.69) is 0 Å². The van der Waals surface area contributed by atoms with E-state index in [0.717, 1.165) is 12.1 Å². The molecule has 0 radical (unpaired) electrons. The Labute approximate surface area is 171 Å². The number of benzene rings is 2. The lowest BCUT2D eigenvalue weighted by Crippen LogP contribution is -2.05. The monoisotopic (exact) mass is 436 g/mol. The van der Waals surface area contributed by atoms with Gasteiger partial charge in [-0.25, -0.2) is 0 Å². The van der Waals surface area contributed by atoms with Crippen LogP contribution >= 0.6 is 7.60 Å². The molecule has 0 aliphatic rings. The molecule has 0 saturated carbocycles. The third kappa shape index (κ3) is 4.43. The molecule has 0 fully saturated rings. The van der Waals surface area contributed by atoms with Crippen molar-refractivity contribution >= 4 is 18.6 Å². The van der Waals surface area contributed by atoms with Crippen LogP contribution in [0.25, 0.3) is 22.3 Å². The second-order valence-corrected chi connectivity index (χ2v) is 8.19. The number of ether oxygens (including phenoxy) is 1. The molecular formula is C20H21O9P. The zero-order valence-electron chi connectivity index (χ0n) is 16.3. The highest BCUT2D eigenvalue weighted by molar-refractivity contribution is 7.53. The molecule has 1 heterocycles. The van der Waals surface area contributed by atoms with Crippen molar-refractivity contribution in [3.8, 4) is 34.3 Å². The van der Waals surface area contributed by atoms with Crippen LogP contribution in [0.3, 0.4) is 0 Å². The molecule has 0 aliphatic heterocycles. The van der Waals surface area contributed by atoms with E-state index in [1.54, 1.807) is 13.8 Å². The highest BCUT2D eigenvalue weighted by Gasteiger charge is 2.25. The van der Waals surface area contributed by atoms with Gasteiger partial charge >= 0.3 is 7.60 Å². The minimum Gasteiger partial charge on any atom is -0.508 e. The molecule has 0 saturated heterocycles. The maximum atomic E-state index is 12.4. The van der Waals surface area contributed by atoms with Gasteiger partial charge < -0.3 is 33.5 Å². The molecule has 3 N–H and O–H groups in total. The highest BCUT2D eigenvalue weighted by atomic mass is 31.2. The summed E-state index contributed by atoms with van der Waals surface area (Å²) >= 11 is 0. The Morgan fingerprint density at radius 3 is 2.23 bits per heavy atom.